The highest BCUT2D eigenvalue weighted by Gasteiger charge is 2.23. The van der Waals surface area contributed by atoms with Gasteiger partial charge >= 0.3 is 0 Å². The van der Waals surface area contributed by atoms with Crippen LogP contribution in [0.3, 0.4) is 0 Å². The number of guanidine groups is 1. The van der Waals surface area contributed by atoms with Crippen molar-refractivity contribution < 1.29 is 13.9 Å². The van der Waals surface area contributed by atoms with Crippen LogP contribution in [0.5, 0.6) is 0 Å². The smallest absolute Gasteiger partial charge is 0.193 e. The van der Waals surface area contributed by atoms with Gasteiger partial charge in [-0.2, -0.15) is 0 Å². The van der Waals surface area contributed by atoms with Crippen LogP contribution in [0, 0.1) is 5.82 Å². The molecule has 0 aliphatic carbocycles. The van der Waals surface area contributed by atoms with Crippen molar-refractivity contribution in [1.82, 2.24) is 10.2 Å². The van der Waals surface area contributed by atoms with Gasteiger partial charge in [-0.3, -0.25) is 4.99 Å². The number of ether oxygens (including phenoxy) is 2. The summed E-state index contributed by atoms with van der Waals surface area (Å²) in [6.45, 7) is 3.99. The van der Waals surface area contributed by atoms with E-state index >= 15 is 0 Å². The summed E-state index contributed by atoms with van der Waals surface area (Å²) in [5.74, 6) is 0.655. The predicted molar refractivity (Wildman–Crippen MR) is 101 cm³/mol. The Morgan fingerprint density at radius 3 is 2.85 bits per heavy atom. The molecule has 144 valence electrons. The van der Waals surface area contributed by atoms with Crippen molar-refractivity contribution >= 4 is 5.96 Å². The molecule has 2 aliphatic rings. The Balaban J connectivity index is 1.39. The van der Waals surface area contributed by atoms with E-state index in [-0.39, 0.29) is 11.9 Å². The topological polar surface area (TPSA) is 46.1 Å². The lowest BCUT2D eigenvalue weighted by atomic mass is 10.1. The van der Waals surface area contributed by atoms with Crippen molar-refractivity contribution in [2.24, 2.45) is 4.99 Å². The third kappa shape index (κ3) is 5.68. The summed E-state index contributed by atoms with van der Waals surface area (Å²) in [4.78, 5) is 6.62. The molecule has 5 nitrogen and oxygen atoms in total. The van der Waals surface area contributed by atoms with Crippen LogP contribution in [-0.4, -0.2) is 56.4 Å². The predicted octanol–water partition coefficient (Wildman–Crippen LogP) is 2.95. The van der Waals surface area contributed by atoms with Gasteiger partial charge in [-0.15, -0.1) is 0 Å². The molecule has 1 N–H and O–H groups in total. The fourth-order valence-corrected chi connectivity index (χ4v) is 3.58. The van der Waals surface area contributed by atoms with Crippen LogP contribution in [-0.2, 0) is 16.0 Å². The lowest BCUT2D eigenvalue weighted by molar-refractivity contribution is -0.0721. The van der Waals surface area contributed by atoms with Gasteiger partial charge in [-0.05, 0) is 49.8 Å². The summed E-state index contributed by atoms with van der Waals surface area (Å²) in [5, 5.41) is 3.33. The molecule has 0 saturated carbocycles. The molecule has 26 heavy (non-hydrogen) atoms. The van der Waals surface area contributed by atoms with E-state index in [0.29, 0.717) is 12.6 Å². The number of hydrogen-bond donors (Lipinski definition) is 1. The molecule has 0 spiro atoms. The second-order valence-corrected chi connectivity index (χ2v) is 7.04. The van der Waals surface area contributed by atoms with Gasteiger partial charge in [-0.25, -0.2) is 4.39 Å². The Labute approximate surface area is 155 Å². The van der Waals surface area contributed by atoms with Crippen LogP contribution >= 0.6 is 0 Å². The van der Waals surface area contributed by atoms with Crippen LogP contribution in [0.4, 0.5) is 4.39 Å². The lowest BCUT2D eigenvalue weighted by Gasteiger charge is -2.35. The van der Waals surface area contributed by atoms with Gasteiger partial charge in [0.05, 0.1) is 18.8 Å². The number of aliphatic imine (C=N–C) groups is 1. The number of piperidine rings is 1. The second kappa shape index (κ2) is 9.88. The minimum atomic E-state index is -0.209. The summed E-state index contributed by atoms with van der Waals surface area (Å²) in [7, 11) is 1.79. The molecule has 6 heteroatoms. The quantitative estimate of drug-likeness (QED) is 0.645. The van der Waals surface area contributed by atoms with E-state index in [0.717, 1.165) is 57.1 Å². The first kappa shape index (κ1) is 19.1. The zero-order chi connectivity index (χ0) is 18.2. The first-order valence-corrected chi connectivity index (χ1v) is 9.68. The summed E-state index contributed by atoms with van der Waals surface area (Å²) in [6, 6.07) is 6.65. The third-order valence-electron chi connectivity index (χ3n) is 5.08. The van der Waals surface area contributed by atoms with Crippen molar-refractivity contribution in [3.8, 4) is 0 Å². The Morgan fingerprint density at radius 2 is 2.15 bits per heavy atom. The van der Waals surface area contributed by atoms with Crippen molar-refractivity contribution in [2.45, 2.75) is 50.9 Å². The first-order valence-electron chi connectivity index (χ1n) is 9.68. The molecule has 0 bridgehead atoms. The largest absolute Gasteiger partial charge is 0.376 e. The molecule has 2 saturated heterocycles. The van der Waals surface area contributed by atoms with Crippen molar-refractivity contribution in [3.05, 3.63) is 35.6 Å². The fourth-order valence-electron chi connectivity index (χ4n) is 3.58. The molecule has 1 aromatic rings. The summed E-state index contributed by atoms with van der Waals surface area (Å²) < 4.78 is 25.1. The fraction of sp³-hybridized carbons (Fsp3) is 0.650. The monoisotopic (exact) mass is 363 g/mol. The van der Waals surface area contributed by atoms with E-state index in [2.05, 4.69) is 15.2 Å². The van der Waals surface area contributed by atoms with Gasteiger partial charge < -0.3 is 19.7 Å². The minimum Gasteiger partial charge on any atom is -0.376 e. The normalized spacial score (nSPS) is 22.5. The SMILES string of the molecule is CN=C(NCc1cccc(F)c1)N1CCC(OCC2CCCCO2)CC1. The maximum Gasteiger partial charge on any atom is 0.193 e. The summed E-state index contributed by atoms with van der Waals surface area (Å²) >= 11 is 0. The Bertz CT molecular complexity index is 582. The molecule has 3 rings (SSSR count). The van der Waals surface area contributed by atoms with Gasteiger partial charge in [0, 0.05) is 33.3 Å². The molecule has 2 fully saturated rings. The van der Waals surface area contributed by atoms with Crippen LogP contribution in [0.15, 0.2) is 29.3 Å². The van der Waals surface area contributed by atoms with E-state index in [1.165, 1.54) is 18.9 Å². The number of likely N-dealkylation sites (tertiary alicyclic amines) is 1. The standard InChI is InChI=1S/C20H30FN3O2/c1-22-20(23-14-16-5-4-6-17(21)13-16)24-10-8-18(9-11-24)26-15-19-7-2-3-12-25-19/h4-6,13,18-19H,2-3,7-12,14-15H2,1H3,(H,22,23). The van der Waals surface area contributed by atoms with E-state index < -0.39 is 0 Å². The molecule has 0 radical (unpaired) electrons. The number of nitrogens with one attached hydrogen (secondary N) is 1. The maximum absolute atomic E-state index is 13.3. The first-order chi connectivity index (χ1) is 12.7. The van der Waals surface area contributed by atoms with Gasteiger partial charge in [0.2, 0.25) is 0 Å². The molecule has 0 amide bonds. The van der Waals surface area contributed by atoms with Gasteiger partial charge in [0.25, 0.3) is 0 Å². The number of benzene rings is 1. The van der Waals surface area contributed by atoms with Crippen molar-refractivity contribution in [1.29, 1.82) is 0 Å². The van der Waals surface area contributed by atoms with Crippen molar-refractivity contribution in [3.63, 3.8) is 0 Å². The Kier molecular flexibility index (Phi) is 7.26. The Hall–Kier alpha value is -1.66. The van der Waals surface area contributed by atoms with E-state index in [4.69, 9.17) is 9.47 Å². The van der Waals surface area contributed by atoms with Crippen molar-refractivity contribution in [2.75, 3.05) is 33.4 Å². The van der Waals surface area contributed by atoms with Gasteiger partial charge in [-0.1, -0.05) is 12.1 Å². The van der Waals surface area contributed by atoms with Crippen LogP contribution in [0.2, 0.25) is 0 Å². The zero-order valence-electron chi connectivity index (χ0n) is 15.6. The highest BCUT2D eigenvalue weighted by molar-refractivity contribution is 5.79. The Morgan fingerprint density at radius 1 is 1.31 bits per heavy atom. The van der Waals surface area contributed by atoms with Crippen LogP contribution < -0.4 is 5.32 Å². The second-order valence-electron chi connectivity index (χ2n) is 7.04. The number of nitrogens with zero attached hydrogens (tertiary/aromatic N) is 2. The number of hydrogen-bond acceptors (Lipinski definition) is 3. The van der Waals surface area contributed by atoms with Crippen LogP contribution in [0.25, 0.3) is 0 Å². The minimum absolute atomic E-state index is 0.209. The van der Waals surface area contributed by atoms with Gasteiger partial charge in [0.1, 0.15) is 5.82 Å². The van der Waals surface area contributed by atoms with E-state index in [1.54, 1.807) is 19.2 Å². The number of halogens is 1. The van der Waals surface area contributed by atoms with E-state index in [1.807, 2.05) is 6.07 Å². The van der Waals surface area contributed by atoms with E-state index in [9.17, 15) is 4.39 Å². The average Bonchev–Trinajstić information content (AvgIpc) is 2.69. The zero-order valence-corrected chi connectivity index (χ0v) is 15.6. The average molecular weight is 363 g/mol. The highest BCUT2D eigenvalue weighted by Crippen LogP contribution is 2.18. The molecule has 1 atom stereocenters. The molecule has 1 unspecified atom stereocenters. The number of rotatable bonds is 5. The summed E-state index contributed by atoms with van der Waals surface area (Å²) in [5.41, 5.74) is 0.914. The third-order valence-corrected chi connectivity index (χ3v) is 5.08. The van der Waals surface area contributed by atoms with Crippen LogP contribution in [0.1, 0.15) is 37.7 Å². The lowest BCUT2D eigenvalue weighted by Crippen LogP contribution is -2.47. The molecule has 2 aliphatic heterocycles. The molecular formula is C20H30FN3O2. The highest BCUT2D eigenvalue weighted by atomic mass is 19.1. The summed E-state index contributed by atoms with van der Waals surface area (Å²) in [6.07, 6.45) is 6.12. The molecular weight excluding hydrogens is 333 g/mol. The van der Waals surface area contributed by atoms with Gasteiger partial charge in [0.15, 0.2) is 5.96 Å². The maximum atomic E-state index is 13.3. The molecule has 2 heterocycles. The molecule has 1 aromatic carbocycles. The molecule has 0 aromatic heterocycles.